The summed E-state index contributed by atoms with van der Waals surface area (Å²) in [5, 5.41) is 0. The van der Waals surface area contributed by atoms with Gasteiger partial charge in [-0.3, -0.25) is 9.52 Å². The van der Waals surface area contributed by atoms with E-state index in [9.17, 15) is 13.2 Å². The van der Waals surface area contributed by atoms with Gasteiger partial charge in [-0.2, -0.15) is 0 Å². The minimum atomic E-state index is -3.99. The van der Waals surface area contributed by atoms with Gasteiger partial charge in [0, 0.05) is 17.3 Å². The maximum atomic E-state index is 13.5. The van der Waals surface area contributed by atoms with E-state index >= 15 is 0 Å². The molecular weight excluding hydrogens is 440 g/mol. The number of nitrogens with zero attached hydrogens (tertiary/aromatic N) is 1. The Morgan fingerprint density at radius 1 is 1.18 bits per heavy atom. The Balaban J connectivity index is 1.66. The predicted octanol–water partition coefficient (Wildman–Crippen LogP) is 5.02. The van der Waals surface area contributed by atoms with E-state index < -0.39 is 10.0 Å². The summed E-state index contributed by atoms with van der Waals surface area (Å²) < 4.78 is 39.8. The number of hydrogen-bond donors (Lipinski definition) is 1. The largest absolute Gasteiger partial charge is 0.495 e. The molecule has 1 saturated carbocycles. The van der Waals surface area contributed by atoms with Crippen LogP contribution in [0.5, 0.6) is 5.75 Å². The van der Waals surface area contributed by atoms with Crippen LogP contribution in [0.1, 0.15) is 54.4 Å². The van der Waals surface area contributed by atoms with Gasteiger partial charge in [-0.25, -0.2) is 8.42 Å². The standard InChI is InChI=1S/C25H28N2O5S/c1-4-18-7-10-20(11-8-18)26-33(29,30)24-16-19(9-14-23(24)31-3)25(28)27(21-12-13-21)17(2)22-6-5-15-32-22/h5-11,14-17,21,26H,4,12-13H2,1-3H3. The quantitative estimate of drug-likeness (QED) is 0.476. The Kier molecular flexibility index (Phi) is 6.47. The van der Waals surface area contributed by atoms with Crippen molar-refractivity contribution in [3.05, 3.63) is 77.7 Å². The Bertz CT molecular complexity index is 1220. The van der Waals surface area contributed by atoms with Crippen LogP contribution in [0.25, 0.3) is 0 Å². The number of aryl methyl sites for hydroxylation is 1. The topological polar surface area (TPSA) is 88.9 Å². The molecule has 0 saturated heterocycles. The molecule has 1 heterocycles. The number of benzene rings is 2. The third-order valence-corrected chi connectivity index (χ3v) is 7.26. The number of amides is 1. The lowest BCUT2D eigenvalue weighted by Crippen LogP contribution is -2.35. The van der Waals surface area contributed by atoms with Gasteiger partial charge >= 0.3 is 0 Å². The van der Waals surface area contributed by atoms with E-state index in [1.165, 1.54) is 19.2 Å². The van der Waals surface area contributed by atoms with Crippen molar-refractivity contribution < 1.29 is 22.4 Å². The maximum absolute atomic E-state index is 13.5. The lowest BCUT2D eigenvalue weighted by atomic mass is 10.1. The molecule has 1 aromatic heterocycles. The molecule has 1 aliphatic rings. The maximum Gasteiger partial charge on any atom is 0.265 e. The minimum absolute atomic E-state index is 0.0863. The highest BCUT2D eigenvalue weighted by molar-refractivity contribution is 7.92. The number of carbonyl (C=O) groups excluding carboxylic acids is 1. The Morgan fingerprint density at radius 3 is 2.48 bits per heavy atom. The molecule has 7 nitrogen and oxygen atoms in total. The van der Waals surface area contributed by atoms with Crippen molar-refractivity contribution in [3.63, 3.8) is 0 Å². The number of sulfonamides is 1. The van der Waals surface area contributed by atoms with E-state index in [2.05, 4.69) is 4.72 Å². The third kappa shape index (κ3) is 4.90. The van der Waals surface area contributed by atoms with Crippen molar-refractivity contribution in [2.45, 2.75) is 50.1 Å². The third-order valence-electron chi connectivity index (χ3n) is 5.86. The average Bonchev–Trinajstić information content (AvgIpc) is 3.49. The van der Waals surface area contributed by atoms with Gasteiger partial charge in [0.15, 0.2) is 0 Å². The lowest BCUT2D eigenvalue weighted by Gasteiger charge is -2.28. The van der Waals surface area contributed by atoms with Crippen molar-refractivity contribution in [1.82, 2.24) is 4.90 Å². The zero-order valence-electron chi connectivity index (χ0n) is 18.9. The summed E-state index contributed by atoms with van der Waals surface area (Å²) in [7, 11) is -2.59. The molecule has 8 heteroatoms. The van der Waals surface area contributed by atoms with Crippen molar-refractivity contribution in [3.8, 4) is 5.75 Å². The molecule has 174 valence electrons. The van der Waals surface area contributed by atoms with Crippen molar-refractivity contribution in [2.24, 2.45) is 0 Å². The summed E-state index contributed by atoms with van der Waals surface area (Å²) in [5.41, 5.74) is 1.83. The summed E-state index contributed by atoms with van der Waals surface area (Å²) in [4.78, 5) is 15.2. The van der Waals surface area contributed by atoms with E-state index in [0.717, 1.165) is 24.8 Å². The highest BCUT2D eigenvalue weighted by atomic mass is 32.2. The molecule has 0 bridgehead atoms. The van der Waals surface area contributed by atoms with Gasteiger partial charge in [0.25, 0.3) is 15.9 Å². The highest BCUT2D eigenvalue weighted by Gasteiger charge is 2.38. The zero-order chi connectivity index (χ0) is 23.6. The second-order valence-electron chi connectivity index (χ2n) is 8.16. The first-order chi connectivity index (χ1) is 15.8. The van der Waals surface area contributed by atoms with Crippen LogP contribution in [0.4, 0.5) is 5.69 Å². The Hall–Kier alpha value is -3.26. The van der Waals surface area contributed by atoms with Crippen LogP contribution in [0.2, 0.25) is 0 Å². The number of methoxy groups -OCH3 is 1. The number of ether oxygens (including phenoxy) is 1. The van der Waals surface area contributed by atoms with Gasteiger partial charge in [-0.15, -0.1) is 0 Å². The SMILES string of the molecule is CCc1ccc(NS(=O)(=O)c2cc(C(=O)N(C3CC3)C(C)c3ccco3)ccc2OC)cc1. The molecule has 1 aliphatic carbocycles. The molecule has 4 rings (SSSR count). The average molecular weight is 469 g/mol. The van der Waals surface area contributed by atoms with Gasteiger partial charge < -0.3 is 14.1 Å². The molecule has 1 fully saturated rings. The van der Waals surface area contributed by atoms with E-state index in [1.807, 2.05) is 32.0 Å². The lowest BCUT2D eigenvalue weighted by molar-refractivity contribution is 0.0652. The summed E-state index contributed by atoms with van der Waals surface area (Å²) in [6, 6.07) is 15.2. The number of carbonyl (C=O) groups is 1. The van der Waals surface area contributed by atoms with Crippen LogP contribution in [-0.4, -0.2) is 32.4 Å². The minimum Gasteiger partial charge on any atom is -0.495 e. The van der Waals surface area contributed by atoms with Gasteiger partial charge in [0.1, 0.15) is 16.4 Å². The molecule has 3 aromatic rings. The second-order valence-corrected chi connectivity index (χ2v) is 9.81. The number of hydrogen-bond acceptors (Lipinski definition) is 5. The normalized spacial score (nSPS) is 14.5. The number of anilines is 1. The van der Waals surface area contributed by atoms with Crippen LogP contribution >= 0.6 is 0 Å². The van der Waals surface area contributed by atoms with Crippen molar-refractivity contribution in [2.75, 3.05) is 11.8 Å². The van der Waals surface area contributed by atoms with Crippen LogP contribution < -0.4 is 9.46 Å². The van der Waals surface area contributed by atoms with E-state index in [4.69, 9.17) is 9.15 Å². The molecule has 1 unspecified atom stereocenters. The molecular formula is C25H28N2O5S. The fourth-order valence-electron chi connectivity index (χ4n) is 3.86. The molecule has 0 spiro atoms. The van der Waals surface area contributed by atoms with E-state index in [-0.39, 0.29) is 34.2 Å². The summed E-state index contributed by atoms with van der Waals surface area (Å²) in [6.07, 6.45) is 4.26. The summed E-state index contributed by atoms with van der Waals surface area (Å²) >= 11 is 0. The predicted molar refractivity (Wildman–Crippen MR) is 126 cm³/mol. The van der Waals surface area contributed by atoms with Gasteiger partial charge in [0.05, 0.1) is 19.4 Å². The van der Waals surface area contributed by atoms with Gasteiger partial charge in [-0.05, 0) is 74.2 Å². The van der Waals surface area contributed by atoms with Crippen LogP contribution in [0, 0.1) is 0 Å². The molecule has 2 aromatic carbocycles. The molecule has 1 N–H and O–H groups in total. The second kappa shape index (κ2) is 9.31. The number of rotatable bonds is 9. The summed E-state index contributed by atoms with van der Waals surface area (Å²) in [6.45, 7) is 3.95. The van der Waals surface area contributed by atoms with Crippen LogP contribution in [-0.2, 0) is 16.4 Å². The van der Waals surface area contributed by atoms with Crippen molar-refractivity contribution in [1.29, 1.82) is 0 Å². The van der Waals surface area contributed by atoms with Crippen LogP contribution in [0.15, 0.2) is 70.2 Å². The zero-order valence-corrected chi connectivity index (χ0v) is 19.8. The van der Waals surface area contributed by atoms with Gasteiger partial charge in [-0.1, -0.05) is 19.1 Å². The van der Waals surface area contributed by atoms with Crippen molar-refractivity contribution >= 4 is 21.6 Å². The number of nitrogens with one attached hydrogen (secondary N) is 1. The van der Waals surface area contributed by atoms with Crippen LogP contribution in [0.3, 0.4) is 0 Å². The molecule has 33 heavy (non-hydrogen) atoms. The molecule has 0 radical (unpaired) electrons. The molecule has 0 aliphatic heterocycles. The Labute approximate surface area is 194 Å². The highest BCUT2D eigenvalue weighted by Crippen LogP contribution is 2.37. The molecule has 1 atom stereocenters. The monoisotopic (exact) mass is 468 g/mol. The summed E-state index contributed by atoms with van der Waals surface area (Å²) in [5.74, 6) is 0.614. The van der Waals surface area contributed by atoms with E-state index in [1.54, 1.807) is 35.4 Å². The van der Waals surface area contributed by atoms with E-state index in [0.29, 0.717) is 11.4 Å². The smallest absolute Gasteiger partial charge is 0.265 e. The molecule has 1 amide bonds. The first kappa shape index (κ1) is 22.9. The first-order valence-corrected chi connectivity index (χ1v) is 12.5. The fourth-order valence-corrected chi connectivity index (χ4v) is 5.12. The first-order valence-electron chi connectivity index (χ1n) is 11.0. The number of furan rings is 1. The van der Waals surface area contributed by atoms with Gasteiger partial charge in [0.2, 0.25) is 0 Å². The fraction of sp³-hybridized carbons (Fsp3) is 0.320. The Morgan fingerprint density at radius 2 is 1.91 bits per heavy atom.